The molecular formula is C21H23N3O4. The van der Waals surface area contributed by atoms with Gasteiger partial charge in [0.25, 0.3) is 11.6 Å². The number of hydrogen-bond donors (Lipinski definition) is 3. The Morgan fingerprint density at radius 3 is 2.79 bits per heavy atom. The van der Waals surface area contributed by atoms with Gasteiger partial charge in [-0.15, -0.1) is 0 Å². The van der Waals surface area contributed by atoms with Gasteiger partial charge in [-0.3, -0.25) is 14.5 Å². The van der Waals surface area contributed by atoms with Gasteiger partial charge < -0.3 is 20.1 Å². The molecule has 3 aliphatic rings. The third-order valence-electron chi connectivity index (χ3n) is 6.21. The molecule has 146 valence electrons. The van der Waals surface area contributed by atoms with E-state index in [1.807, 2.05) is 44.2 Å². The van der Waals surface area contributed by atoms with Gasteiger partial charge in [0.15, 0.2) is 0 Å². The number of benzene rings is 1. The van der Waals surface area contributed by atoms with E-state index in [4.69, 9.17) is 0 Å². The first-order valence-corrected chi connectivity index (χ1v) is 9.66. The molecule has 7 nitrogen and oxygen atoms in total. The van der Waals surface area contributed by atoms with Gasteiger partial charge in [-0.05, 0) is 32.8 Å². The largest absolute Gasteiger partial charge is 0.383 e. The van der Waals surface area contributed by atoms with E-state index in [9.17, 15) is 19.8 Å². The third kappa shape index (κ3) is 2.00. The van der Waals surface area contributed by atoms with Crippen molar-refractivity contribution in [2.24, 2.45) is 0 Å². The number of para-hydroxylation sites is 1. The standard InChI is InChI=1S/C21H23N3O4/c1-11(2)10-15-17-16(12-6-3-4-7-13(12)22-17)18(25)21(28)20(27)23-9-5-8-14(23)19(26)24(15)21/h3-4,6-7,10,14-15,18,22,25,28H,5,8-9H2,1-2H3. The second kappa shape index (κ2) is 5.68. The van der Waals surface area contributed by atoms with Crippen LogP contribution in [0.15, 0.2) is 35.9 Å². The summed E-state index contributed by atoms with van der Waals surface area (Å²) in [6.07, 6.45) is 1.62. The Hall–Kier alpha value is -2.64. The van der Waals surface area contributed by atoms with Crippen molar-refractivity contribution in [3.05, 3.63) is 47.2 Å². The van der Waals surface area contributed by atoms with Gasteiger partial charge in [-0.1, -0.05) is 29.8 Å². The van der Waals surface area contributed by atoms with Gasteiger partial charge >= 0.3 is 0 Å². The summed E-state index contributed by atoms with van der Waals surface area (Å²) in [4.78, 5) is 32.6. The van der Waals surface area contributed by atoms with Gasteiger partial charge in [0.2, 0.25) is 5.91 Å². The number of hydrogen-bond acceptors (Lipinski definition) is 4. The molecule has 1 aromatic heterocycles. The number of carbonyl (C=O) groups is 2. The van der Waals surface area contributed by atoms with Crippen LogP contribution in [-0.2, 0) is 9.59 Å². The summed E-state index contributed by atoms with van der Waals surface area (Å²) in [5, 5.41) is 23.5. The van der Waals surface area contributed by atoms with Crippen LogP contribution in [0.2, 0.25) is 0 Å². The summed E-state index contributed by atoms with van der Waals surface area (Å²) in [5.74, 6) is -0.907. The van der Waals surface area contributed by atoms with E-state index >= 15 is 0 Å². The number of nitrogens with zero attached hydrogens (tertiary/aromatic N) is 2. The molecule has 4 unspecified atom stereocenters. The molecule has 2 fully saturated rings. The van der Waals surface area contributed by atoms with Crippen LogP contribution in [0.3, 0.4) is 0 Å². The van der Waals surface area contributed by atoms with Crippen LogP contribution in [0.5, 0.6) is 0 Å². The number of H-pyrrole nitrogens is 1. The summed E-state index contributed by atoms with van der Waals surface area (Å²) in [6, 6.07) is 6.23. The number of carbonyl (C=O) groups excluding carboxylic acids is 2. The number of aliphatic hydroxyl groups excluding tert-OH is 1. The summed E-state index contributed by atoms with van der Waals surface area (Å²) in [6.45, 7) is 4.24. The molecule has 1 aromatic carbocycles. The highest BCUT2D eigenvalue weighted by Crippen LogP contribution is 2.51. The van der Waals surface area contributed by atoms with Gasteiger partial charge in [-0.25, -0.2) is 0 Å². The number of aromatic nitrogens is 1. The van der Waals surface area contributed by atoms with Gasteiger partial charge in [0.1, 0.15) is 12.1 Å². The molecule has 4 atom stereocenters. The Labute approximate surface area is 162 Å². The first-order chi connectivity index (χ1) is 13.4. The number of fused-ring (bicyclic) bond motifs is 5. The summed E-state index contributed by atoms with van der Waals surface area (Å²) in [7, 11) is 0. The van der Waals surface area contributed by atoms with Crippen LogP contribution in [0.1, 0.15) is 50.1 Å². The lowest BCUT2D eigenvalue weighted by Crippen LogP contribution is -2.74. The normalized spacial score (nSPS) is 31.6. The molecule has 0 radical (unpaired) electrons. The molecule has 3 N–H and O–H groups in total. The van der Waals surface area contributed by atoms with E-state index in [-0.39, 0.29) is 5.91 Å². The lowest BCUT2D eigenvalue weighted by molar-refractivity contribution is -0.229. The van der Waals surface area contributed by atoms with E-state index in [0.29, 0.717) is 30.6 Å². The fourth-order valence-electron chi connectivity index (χ4n) is 5.02. The highest BCUT2D eigenvalue weighted by molar-refractivity contribution is 6.01. The minimum atomic E-state index is -2.31. The van der Waals surface area contributed by atoms with E-state index in [1.54, 1.807) is 0 Å². The molecule has 2 saturated heterocycles. The monoisotopic (exact) mass is 381 g/mol. The van der Waals surface area contributed by atoms with Crippen molar-refractivity contribution in [3.8, 4) is 0 Å². The third-order valence-corrected chi connectivity index (χ3v) is 6.21. The Morgan fingerprint density at radius 1 is 1.29 bits per heavy atom. The average molecular weight is 381 g/mol. The van der Waals surface area contributed by atoms with Gasteiger partial charge in [0.05, 0.1) is 6.04 Å². The summed E-state index contributed by atoms with van der Waals surface area (Å²) >= 11 is 0. The molecule has 4 heterocycles. The van der Waals surface area contributed by atoms with Crippen LogP contribution >= 0.6 is 0 Å². The van der Waals surface area contributed by atoms with Gasteiger partial charge in [-0.2, -0.15) is 0 Å². The Bertz CT molecular complexity index is 1040. The van der Waals surface area contributed by atoms with Crippen LogP contribution in [0.25, 0.3) is 10.9 Å². The number of amides is 2. The van der Waals surface area contributed by atoms with Crippen molar-refractivity contribution in [2.45, 2.75) is 50.6 Å². The van der Waals surface area contributed by atoms with Crippen LogP contribution < -0.4 is 0 Å². The number of piperazine rings is 1. The first-order valence-electron chi connectivity index (χ1n) is 9.66. The van der Waals surface area contributed by atoms with E-state index in [0.717, 1.165) is 16.5 Å². The zero-order chi connectivity index (χ0) is 19.8. The summed E-state index contributed by atoms with van der Waals surface area (Å²) in [5.41, 5.74) is 0.555. The Morgan fingerprint density at radius 2 is 2.04 bits per heavy atom. The number of aromatic amines is 1. The first kappa shape index (κ1) is 17.5. The van der Waals surface area contributed by atoms with Crippen molar-refractivity contribution < 1.29 is 19.8 Å². The zero-order valence-corrected chi connectivity index (χ0v) is 15.8. The van der Waals surface area contributed by atoms with Crippen molar-refractivity contribution in [3.63, 3.8) is 0 Å². The van der Waals surface area contributed by atoms with Crippen molar-refractivity contribution in [1.29, 1.82) is 0 Å². The highest BCUT2D eigenvalue weighted by Gasteiger charge is 2.65. The molecule has 0 spiro atoms. The summed E-state index contributed by atoms with van der Waals surface area (Å²) < 4.78 is 0. The van der Waals surface area contributed by atoms with Gasteiger partial charge in [0, 0.05) is 28.7 Å². The van der Waals surface area contributed by atoms with Crippen molar-refractivity contribution in [2.75, 3.05) is 6.54 Å². The lowest BCUT2D eigenvalue weighted by Gasteiger charge is -2.54. The SMILES string of the molecule is CC(C)=CC1c2[nH]c3ccccc3c2C(O)C2(O)C(=O)N3CCCC3C(=O)N12. The maximum atomic E-state index is 13.4. The fraction of sp³-hybridized carbons (Fsp3) is 0.429. The predicted molar refractivity (Wildman–Crippen MR) is 102 cm³/mol. The molecule has 0 bridgehead atoms. The average Bonchev–Trinajstić information content (AvgIpc) is 3.29. The Balaban J connectivity index is 1.82. The molecule has 28 heavy (non-hydrogen) atoms. The smallest absolute Gasteiger partial charge is 0.279 e. The molecule has 3 aliphatic heterocycles. The van der Waals surface area contributed by atoms with E-state index < -0.39 is 29.8 Å². The fourth-order valence-corrected chi connectivity index (χ4v) is 5.02. The quantitative estimate of drug-likeness (QED) is 0.656. The molecule has 2 amide bonds. The van der Waals surface area contributed by atoms with Crippen LogP contribution in [0.4, 0.5) is 0 Å². The second-order valence-corrected chi connectivity index (χ2v) is 8.18. The predicted octanol–water partition coefficient (Wildman–Crippen LogP) is 1.74. The molecule has 2 aromatic rings. The van der Waals surface area contributed by atoms with Crippen LogP contribution in [-0.4, -0.2) is 55.1 Å². The van der Waals surface area contributed by atoms with E-state index in [2.05, 4.69) is 4.98 Å². The minimum absolute atomic E-state index is 0.314. The molecule has 0 aliphatic carbocycles. The van der Waals surface area contributed by atoms with Crippen LogP contribution in [0, 0.1) is 0 Å². The molecule has 7 heteroatoms. The maximum Gasteiger partial charge on any atom is 0.279 e. The van der Waals surface area contributed by atoms with E-state index in [1.165, 1.54) is 9.80 Å². The minimum Gasteiger partial charge on any atom is -0.383 e. The molecular weight excluding hydrogens is 358 g/mol. The lowest BCUT2D eigenvalue weighted by atomic mass is 9.82. The topological polar surface area (TPSA) is 96.9 Å². The maximum absolute atomic E-state index is 13.4. The number of rotatable bonds is 1. The molecule has 0 saturated carbocycles. The second-order valence-electron chi connectivity index (χ2n) is 8.18. The van der Waals surface area contributed by atoms with Crippen molar-refractivity contribution in [1.82, 2.24) is 14.8 Å². The van der Waals surface area contributed by atoms with Crippen molar-refractivity contribution >= 4 is 22.7 Å². The number of nitrogens with one attached hydrogen (secondary N) is 1. The highest BCUT2D eigenvalue weighted by atomic mass is 16.4. The Kier molecular flexibility index (Phi) is 3.54. The number of aliphatic hydroxyl groups is 2. The molecule has 5 rings (SSSR count). The zero-order valence-electron chi connectivity index (χ0n) is 15.8. The number of allylic oxidation sites excluding steroid dienone is 1.